The van der Waals surface area contributed by atoms with Crippen LogP contribution in [0.5, 0.6) is 0 Å². The van der Waals surface area contributed by atoms with Crippen LogP contribution in [0.15, 0.2) is 29.3 Å². The molecule has 4 nitrogen and oxygen atoms in total. The van der Waals surface area contributed by atoms with Crippen LogP contribution < -0.4 is 5.32 Å². The van der Waals surface area contributed by atoms with Gasteiger partial charge in [0.05, 0.1) is 6.61 Å². The maximum atomic E-state index is 6.20. The average molecular weight is 308 g/mol. The molecule has 5 heteroatoms. The Kier molecular flexibility index (Phi) is 4.36. The molecule has 1 aromatic rings. The van der Waals surface area contributed by atoms with Crippen LogP contribution in [0.4, 0.5) is 0 Å². The van der Waals surface area contributed by atoms with Crippen molar-refractivity contribution >= 4 is 17.6 Å². The molecule has 2 aliphatic heterocycles. The molecule has 2 aliphatic rings. The molecule has 21 heavy (non-hydrogen) atoms. The SMILES string of the molecule is CN=C(NCc1ccccc1Cl)N1CCC2(CCOC2)C1. The van der Waals surface area contributed by atoms with Crippen molar-refractivity contribution in [3.05, 3.63) is 34.9 Å². The molecule has 3 rings (SSSR count). The Hall–Kier alpha value is -1.26. The smallest absolute Gasteiger partial charge is 0.193 e. The van der Waals surface area contributed by atoms with Crippen LogP contribution in [0, 0.1) is 5.41 Å². The fraction of sp³-hybridized carbons (Fsp3) is 0.562. The number of halogens is 1. The molecule has 1 aromatic carbocycles. The fourth-order valence-electron chi connectivity index (χ4n) is 3.24. The van der Waals surface area contributed by atoms with E-state index >= 15 is 0 Å². The summed E-state index contributed by atoms with van der Waals surface area (Å²) in [5.74, 6) is 0.957. The Balaban J connectivity index is 1.60. The van der Waals surface area contributed by atoms with E-state index < -0.39 is 0 Å². The van der Waals surface area contributed by atoms with Crippen molar-refractivity contribution < 1.29 is 4.74 Å². The van der Waals surface area contributed by atoms with Gasteiger partial charge < -0.3 is 15.0 Å². The summed E-state index contributed by atoms with van der Waals surface area (Å²) in [6.45, 7) is 4.58. The molecule has 0 amide bonds. The third-order valence-corrected chi connectivity index (χ3v) is 4.90. The van der Waals surface area contributed by atoms with Gasteiger partial charge in [0.15, 0.2) is 5.96 Å². The summed E-state index contributed by atoms with van der Waals surface area (Å²) in [6, 6.07) is 7.91. The van der Waals surface area contributed by atoms with Gasteiger partial charge >= 0.3 is 0 Å². The Morgan fingerprint density at radius 3 is 3.00 bits per heavy atom. The quantitative estimate of drug-likeness (QED) is 0.674. The van der Waals surface area contributed by atoms with E-state index in [2.05, 4.69) is 15.2 Å². The topological polar surface area (TPSA) is 36.9 Å². The zero-order valence-electron chi connectivity index (χ0n) is 12.4. The Labute approximate surface area is 131 Å². The lowest BCUT2D eigenvalue weighted by molar-refractivity contribution is 0.156. The number of rotatable bonds is 2. The van der Waals surface area contributed by atoms with E-state index in [-0.39, 0.29) is 0 Å². The van der Waals surface area contributed by atoms with Gasteiger partial charge in [0, 0.05) is 43.7 Å². The van der Waals surface area contributed by atoms with Gasteiger partial charge in [-0.1, -0.05) is 29.8 Å². The Morgan fingerprint density at radius 1 is 1.43 bits per heavy atom. The van der Waals surface area contributed by atoms with Gasteiger partial charge in [0.25, 0.3) is 0 Å². The van der Waals surface area contributed by atoms with Crippen molar-refractivity contribution in [3.63, 3.8) is 0 Å². The number of benzene rings is 1. The summed E-state index contributed by atoms with van der Waals surface area (Å²) in [6.07, 6.45) is 2.37. The van der Waals surface area contributed by atoms with Crippen molar-refractivity contribution in [1.29, 1.82) is 0 Å². The van der Waals surface area contributed by atoms with Gasteiger partial charge in [-0.3, -0.25) is 4.99 Å². The molecule has 0 bridgehead atoms. The molecule has 2 heterocycles. The van der Waals surface area contributed by atoms with Gasteiger partial charge in [-0.15, -0.1) is 0 Å². The second-order valence-corrected chi connectivity index (χ2v) is 6.37. The van der Waals surface area contributed by atoms with E-state index in [1.54, 1.807) is 0 Å². The summed E-state index contributed by atoms with van der Waals surface area (Å²) in [4.78, 5) is 6.76. The second kappa shape index (κ2) is 6.24. The van der Waals surface area contributed by atoms with E-state index in [1.165, 1.54) is 12.8 Å². The number of hydrogen-bond acceptors (Lipinski definition) is 2. The standard InChI is InChI=1S/C16H22ClN3O/c1-18-15(19-10-13-4-2-3-5-14(13)17)20-8-6-16(11-20)7-9-21-12-16/h2-5H,6-12H2,1H3,(H,18,19). The highest BCUT2D eigenvalue weighted by Gasteiger charge is 2.42. The summed E-state index contributed by atoms with van der Waals surface area (Å²) in [7, 11) is 1.84. The van der Waals surface area contributed by atoms with Crippen LogP contribution in [0.3, 0.4) is 0 Å². The molecule has 114 valence electrons. The lowest BCUT2D eigenvalue weighted by Gasteiger charge is -2.25. The van der Waals surface area contributed by atoms with Crippen molar-refractivity contribution in [2.75, 3.05) is 33.4 Å². The summed E-state index contributed by atoms with van der Waals surface area (Å²) >= 11 is 6.20. The predicted octanol–water partition coefficient (Wildman–Crippen LogP) is 2.53. The molecule has 1 unspecified atom stereocenters. The first kappa shape index (κ1) is 14.7. The molecule has 0 aromatic heterocycles. The summed E-state index contributed by atoms with van der Waals surface area (Å²) in [5, 5.41) is 4.22. The molecule has 2 saturated heterocycles. The summed E-state index contributed by atoms with van der Waals surface area (Å²) in [5.41, 5.74) is 1.44. The highest BCUT2D eigenvalue weighted by molar-refractivity contribution is 6.31. The van der Waals surface area contributed by atoms with Gasteiger partial charge in [-0.05, 0) is 24.5 Å². The average Bonchev–Trinajstić information content (AvgIpc) is 3.12. The zero-order valence-corrected chi connectivity index (χ0v) is 13.2. The highest BCUT2D eigenvalue weighted by Crippen LogP contribution is 2.38. The Bertz CT molecular complexity index is 526. The Morgan fingerprint density at radius 2 is 2.29 bits per heavy atom. The first-order chi connectivity index (χ1) is 10.2. The molecule has 0 aliphatic carbocycles. The number of nitrogens with one attached hydrogen (secondary N) is 1. The minimum Gasteiger partial charge on any atom is -0.381 e. The monoisotopic (exact) mass is 307 g/mol. The first-order valence-electron chi connectivity index (χ1n) is 7.49. The molecule has 0 radical (unpaired) electrons. The predicted molar refractivity (Wildman–Crippen MR) is 85.7 cm³/mol. The van der Waals surface area contributed by atoms with Crippen LogP contribution in [0.1, 0.15) is 18.4 Å². The van der Waals surface area contributed by atoms with E-state index in [1.807, 2.05) is 31.3 Å². The van der Waals surface area contributed by atoms with E-state index in [9.17, 15) is 0 Å². The van der Waals surface area contributed by atoms with Crippen molar-refractivity contribution in [2.45, 2.75) is 19.4 Å². The molecular formula is C16H22ClN3O. The number of likely N-dealkylation sites (tertiary alicyclic amines) is 1. The maximum absolute atomic E-state index is 6.20. The van der Waals surface area contributed by atoms with Crippen LogP contribution in [0.2, 0.25) is 5.02 Å². The van der Waals surface area contributed by atoms with Crippen molar-refractivity contribution in [3.8, 4) is 0 Å². The summed E-state index contributed by atoms with van der Waals surface area (Å²) < 4.78 is 5.58. The van der Waals surface area contributed by atoms with Crippen molar-refractivity contribution in [2.24, 2.45) is 10.4 Å². The van der Waals surface area contributed by atoms with Crippen LogP contribution in [-0.4, -0.2) is 44.2 Å². The highest BCUT2D eigenvalue weighted by atomic mass is 35.5. The van der Waals surface area contributed by atoms with Crippen LogP contribution in [0.25, 0.3) is 0 Å². The molecule has 1 spiro atoms. The number of ether oxygens (including phenoxy) is 1. The minimum absolute atomic E-state index is 0.349. The molecule has 1 N–H and O–H groups in total. The molecule has 1 atom stereocenters. The van der Waals surface area contributed by atoms with Gasteiger partial charge in [0.1, 0.15) is 0 Å². The lowest BCUT2D eigenvalue weighted by Crippen LogP contribution is -2.41. The molecule has 2 fully saturated rings. The zero-order chi connectivity index (χ0) is 14.7. The molecular weight excluding hydrogens is 286 g/mol. The van der Waals surface area contributed by atoms with Gasteiger partial charge in [-0.2, -0.15) is 0 Å². The number of guanidine groups is 1. The minimum atomic E-state index is 0.349. The van der Waals surface area contributed by atoms with Crippen LogP contribution >= 0.6 is 11.6 Å². The maximum Gasteiger partial charge on any atom is 0.193 e. The van der Waals surface area contributed by atoms with E-state index in [0.29, 0.717) is 12.0 Å². The third kappa shape index (κ3) is 3.16. The normalized spacial score (nSPS) is 25.8. The second-order valence-electron chi connectivity index (χ2n) is 5.97. The number of hydrogen-bond donors (Lipinski definition) is 1. The van der Waals surface area contributed by atoms with Crippen LogP contribution in [-0.2, 0) is 11.3 Å². The lowest BCUT2D eigenvalue weighted by atomic mass is 9.87. The van der Waals surface area contributed by atoms with E-state index in [0.717, 1.165) is 42.8 Å². The van der Waals surface area contributed by atoms with Gasteiger partial charge in [-0.25, -0.2) is 0 Å². The third-order valence-electron chi connectivity index (χ3n) is 4.53. The van der Waals surface area contributed by atoms with Gasteiger partial charge in [0.2, 0.25) is 0 Å². The van der Waals surface area contributed by atoms with E-state index in [4.69, 9.17) is 16.3 Å². The fourth-order valence-corrected chi connectivity index (χ4v) is 3.44. The largest absolute Gasteiger partial charge is 0.381 e. The molecule has 0 saturated carbocycles. The number of aliphatic imine (C=N–C) groups is 1. The first-order valence-corrected chi connectivity index (χ1v) is 7.87. The number of nitrogens with zero attached hydrogens (tertiary/aromatic N) is 2. The van der Waals surface area contributed by atoms with Crippen molar-refractivity contribution in [1.82, 2.24) is 10.2 Å².